The molecule has 0 aliphatic rings. The second kappa shape index (κ2) is 14.9. The number of halogens is 11. The van der Waals surface area contributed by atoms with Crippen molar-refractivity contribution >= 4 is 12.1 Å². The summed E-state index contributed by atoms with van der Waals surface area (Å²) in [6.07, 6.45) is -16.2. The third-order valence-electron chi connectivity index (χ3n) is 5.73. The van der Waals surface area contributed by atoms with Crippen LogP contribution < -0.4 is 9.47 Å². The van der Waals surface area contributed by atoms with Gasteiger partial charge in [-0.25, -0.2) is 18.4 Å². The first kappa shape index (κ1) is 37.3. The van der Waals surface area contributed by atoms with Crippen LogP contribution in [0.5, 0.6) is 11.5 Å². The number of carbonyl (C=O) groups is 2. The Bertz CT molecular complexity index is 1290. The van der Waals surface area contributed by atoms with Gasteiger partial charge in [0.15, 0.2) is 17.7 Å². The number of hydrogen-bond donors (Lipinski definition) is 1. The number of carboxylic acid groups (broad SMARTS) is 1. The SMILES string of the molecule is CCOC(Cc1ccc(OCCN(CCOC(F)(F)C(F)(F)C(F)(F)C(F)(F)F)C(=O)Oc2ccc(F)cc2F)cc1)C(=O)O. The molecule has 2 aromatic carbocycles. The van der Waals surface area contributed by atoms with Crippen molar-refractivity contribution in [1.29, 1.82) is 0 Å². The fourth-order valence-corrected chi connectivity index (χ4v) is 3.37. The Balaban J connectivity index is 2.13. The van der Waals surface area contributed by atoms with E-state index in [1.807, 2.05) is 0 Å². The van der Waals surface area contributed by atoms with Crippen LogP contribution in [0.25, 0.3) is 0 Å². The first-order chi connectivity index (χ1) is 20.7. The van der Waals surface area contributed by atoms with Crippen molar-refractivity contribution in [3.8, 4) is 11.5 Å². The van der Waals surface area contributed by atoms with Gasteiger partial charge in [-0.3, -0.25) is 0 Å². The second-order valence-electron chi connectivity index (χ2n) is 8.92. The van der Waals surface area contributed by atoms with Gasteiger partial charge >= 0.3 is 36.2 Å². The monoisotopic (exact) mass is 671 g/mol. The molecule has 252 valence electrons. The van der Waals surface area contributed by atoms with Gasteiger partial charge in [0.05, 0.1) is 13.2 Å². The zero-order chi connectivity index (χ0) is 34.2. The molecule has 45 heavy (non-hydrogen) atoms. The van der Waals surface area contributed by atoms with Crippen LogP contribution >= 0.6 is 0 Å². The lowest BCUT2D eigenvalue weighted by Gasteiger charge is -2.33. The number of nitrogens with zero attached hydrogens (tertiary/aromatic N) is 1. The Morgan fingerprint density at radius 3 is 2.00 bits per heavy atom. The highest BCUT2D eigenvalue weighted by atomic mass is 19.4. The second-order valence-corrected chi connectivity index (χ2v) is 8.92. The van der Waals surface area contributed by atoms with Gasteiger partial charge in [-0.05, 0) is 36.8 Å². The van der Waals surface area contributed by atoms with E-state index in [0.717, 1.165) is 0 Å². The molecule has 1 N–H and O–H groups in total. The van der Waals surface area contributed by atoms with Gasteiger partial charge in [-0.15, -0.1) is 0 Å². The van der Waals surface area contributed by atoms with Crippen LogP contribution in [0.4, 0.5) is 53.1 Å². The van der Waals surface area contributed by atoms with Crippen LogP contribution in [-0.2, 0) is 20.7 Å². The summed E-state index contributed by atoms with van der Waals surface area (Å²) in [5, 5.41) is 9.17. The normalized spacial score (nSPS) is 13.3. The van der Waals surface area contributed by atoms with Gasteiger partial charge in [0.1, 0.15) is 18.2 Å². The molecular formula is C26H24F11NO7. The van der Waals surface area contributed by atoms with Crippen LogP contribution in [0.1, 0.15) is 12.5 Å². The molecule has 0 heterocycles. The molecule has 0 spiro atoms. The van der Waals surface area contributed by atoms with Crippen LogP contribution in [0.3, 0.4) is 0 Å². The third kappa shape index (κ3) is 9.56. The highest BCUT2D eigenvalue weighted by molar-refractivity contribution is 5.72. The van der Waals surface area contributed by atoms with Crippen molar-refractivity contribution in [3.05, 3.63) is 59.7 Å². The molecular weight excluding hydrogens is 647 g/mol. The van der Waals surface area contributed by atoms with Crippen molar-refractivity contribution in [3.63, 3.8) is 0 Å². The van der Waals surface area contributed by atoms with E-state index in [4.69, 9.17) is 9.47 Å². The molecule has 0 aliphatic carbocycles. The molecule has 19 heteroatoms. The zero-order valence-electron chi connectivity index (χ0n) is 22.9. The Kier molecular flexibility index (Phi) is 12.4. The summed E-state index contributed by atoms with van der Waals surface area (Å²) in [6.45, 7) is -2.41. The predicted molar refractivity (Wildman–Crippen MR) is 129 cm³/mol. The number of aliphatic carboxylic acids is 1. The lowest BCUT2D eigenvalue weighted by atomic mass is 10.1. The number of hydrogen-bond acceptors (Lipinski definition) is 6. The van der Waals surface area contributed by atoms with Crippen molar-refractivity contribution in [2.75, 3.05) is 32.9 Å². The highest BCUT2D eigenvalue weighted by Crippen LogP contribution is 2.53. The Labute approximate surface area is 247 Å². The third-order valence-corrected chi connectivity index (χ3v) is 5.73. The van der Waals surface area contributed by atoms with E-state index in [0.29, 0.717) is 28.7 Å². The van der Waals surface area contributed by atoms with E-state index in [1.54, 1.807) is 6.92 Å². The molecule has 1 atom stereocenters. The van der Waals surface area contributed by atoms with E-state index in [1.165, 1.54) is 24.3 Å². The molecule has 1 unspecified atom stereocenters. The maximum atomic E-state index is 13.9. The zero-order valence-corrected chi connectivity index (χ0v) is 22.9. The number of amides is 1. The predicted octanol–water partition coefficient (Wildman–Crippen LogP) is 6.32. The number of carbonyl (C=O) groups excluding carboxylic acids is 1. The van der Waals surface area contributed by atoms with Gasteiger partial charge < -0.3 is 29.0 Å². The molecule has 2 aromatic rings. The van der Waals surface area contributed by atoms with Crippen LogP contribution in [0.15, 0.2) is 42.5 Å². The van der Waals surface area contributed by atoms with Gasteiger partial charge in [-0.2, -0.15) is 39.5 Å². The number of alkyl halides is 9. The summed E-state index contributed by atoms with van der Waals surface area (Å²) in [5.74, 6) is -18.7. The number of ether oxygens (including phenoxy) is 4. The smallest absolute Gasteiger partial charge is 0.460 e. The molecule has 8 nitrogen and oxygen atoms in total. The van der Waals surface area contributed by atoms with Crippen molar-refractivity contribution in [2.45, 2.75) is 43.6 Å². The van der Waals surface area contributed by atoms with Gasteiger partial charge in [0.25, 0.3) is 0 Å². The maximum Gasteiger partial charge on any atom is 0.460 e. The van der Waals surface area contributed by atoms with Crippen LogP contribution in [0, 0.1) is 11.6 Å². The largest absolute Gasteiger partial charge is 0.492 e. The molecule has 1 amide bonds. The summed E-state index contributed by atoms with van der Waals surface area (Å²) < 4.78 is 163. The molecule has 0 saturated heterocycles. The van der Waals surface area contributed by atoms with Crippen molar-refractivity contribution < 1.29 is 81.9 Å². The first-order valence-corrected chi connectivity index (χ1v) is 12.6. The Hall–Kier alpha value is -3.87. The minimum absolute atomic E-state index is 0.0123. The highest BCUT2D eigenvalue weighted by Gasteiger charge is 2.82. The summed E-state index contributed by atoms with van der Waals surface area (Å²) in [5.41, 5.74) is 0.515. The van der Waals surface area contributed by atoms with Crippen molar-refractivity contribution in [2.24, 2.45) is 0 Å². The van der Waals surface area contributed by atoms with Gasteiger partial charge in [0.2, 0.25) is 0 Å². The summed E-state index contributed by atoms with van der Waals surface area (Å²) in [6, 6.07) is 7.28. The van der Waals surface area contributed by atoms with Crippen LogP contribution in [-0.4, -0.2) is 85.2 Å². The van der Waals surface area contributed by atoms with E-state index in [9.17, 15) is 63.0 Å². The summed E-state index contributed by atoms with van der Waals surface area (Å²) in [7, 11) is 0. The average molecular weight is 671 g/mol. The Morgan fingerprint density at radius 2 is 1.47 bits per heavy atom. The van der Waals surface area contributed by atoms with E-state index < -0.39 is 86.0 Å². The molecule has 0 bridgehead atoms. The lowest BCUT2D eigenvalue weighted by molar-refractivity contribution is -0.443. The Morgan fingerprint density at radius 1 is 0.867 bits per heavy atom. The maximum absolute atomic E-state index is 13.9. The molecule has 0 aromatic heterocycles. The molecule has 0 saturated carbocycles. The lowest BCUT2D eigenvalue weighted by Crippen LogP contribution is -2.62. The topological polar surface area (TPSA) is 94.5 Å². The average Bonchev–Trinajstić information content (AvgIpc) is 2.93. The molecule has 2 rings (SSSR count). The van der Waals surface area contributed by atoms with Crippen molar-refractivity contribution in [1.82, 2.24) is 4.90 Å². The minimum atomic E-state index is -7.21. The molecule has 0 radical (unpaired) electrons. The number of rotatable bonds is 16. The molecule has 0 aliphatic heterocycles. The quantitative estimate of drug-likeness (QED) is 0.209. The van der Waals surface area contributed by atoms with E-state index in [2.05, 4.69) is 9.47 Å². The van der Waals surface area contributed by atoms with Gasteiger partial charge in [0, 0.05) is 25.6 Å². The fourth-order valence-electron chi connectivity index (χ4n) is 3.37. The number of carboxylic acids is 1. The fraction of sp³-hybridized carbons (Fsp3) is 0.462. The minimum Gasteiger partial charge on any atom is -0.492 e. The first-order valence-electron chi connectivity index (χ1n) is 12.6. The standard InChI is InChI=1S/C26H24F11NO7/c1-2-42-20(21(39)40)13-15-3-6-17(7-4-15)43-11-9-38(22(41)45-19-8-5-16(27)14-18(19)28)10-12-44-26(36,37)24(31,32)23(29,30)25(33,34)35/h3-8,14,20H,2,9-13H2,1H3,(H,39,40). The van der Waals surface area contributed by atoms with Crippen LogP contribution in [0.2, 0.25) is 0 Å². The summed E-state index contributed by atoms with van der Waals surface area (Å²) in [4.78, 5) is 24.2. The van der Waals surface area contributed by atoms with E-state index >= 15 is 0 Å². The van der Waals surface area contributed by atoms with E-state index in [-0.39, 0.29) is 18.8 Å². The van der Waals surface area contributed by atoms with Gasteiger partial charge in [-0.1, -0.05) is 12.1 Å². The summed E-state index contributed by atoms with van der Waals surface area (Å²) >= 11 is 0. The number of benzene rings is 2. The molecule has 0 fully saturated rings.